The zero-order valence-corrected chi connectivity index (χ0v) is 42.4. The molecule has 2 aromatic heterocycles. The van der Waals surface area contributed by atoms with Gasteiger partial charge >= 0.3 is 0 Å². The van der Waals surface area contributed by atoms with Crippen LogP contribution in [0.2, 0.25) is 0 Å². The van der Waals surface area contributed by atoms with Gasteiger partial charge in [-0.05, 0) is 92.7 Å². The highest BCUT2D eigenvalue weighted by Gasteiger charge is 2.24. The number of nitrogens with zero attached hydrogens (tertiary/aromatic N) is 2. The van der Waals surface area contributed by atoms with E-state index >= 15 is 0 Å². The van der Waals surface area contributed by atoms with E-state index in [1.54, 1.807) is 0 Å². The number of anilines is 6. The molecule has 0 fully saturated rings. The molecule has 0 amide bonds. The molecule has 13 aromatic carbocycles. The Hall–Kier alpha value is -10.4. The van der Waals surface area contributed by atoms with E-state index in [-0.39, 0.29) is 0 Å². The smallest absolute Gasteiger partial charge is 0.159 e. The van der Waals surface area contributed by atoms with Crippen LogP contribution in [0, 0.1) is 0 Å². The highest BCUT2D eigenvalue weighted by atomic mass is 16.3. The molecule has 0 aliphatic carbocycles. The molecule has 0 aliphatic heterocycles. The molecule has 2 heterocycles. The third-order valence-electron chi connectivity index (χ3n) is 15.5. The van der Waals surface area contributed by atoms with Gasteiger partial charge in [-0.1, -0.05) is 243 Å². The van der Waals surface area contributed by atoms with Gasteiger partial charge in [-0.3, -0.25) is 0 Å². The van der Waals surface area contributed by atoms with E-state index in [2.05, 4.69) is 301 Å². The number of benzene rings is 13. The molecular weight excluding hydrogens is 949 g/mol. The molecule has 4 nitrogen and oxygen atoms in total. The molecule has 15 aromatic rings. The lowest BCUT2D eigenvalue weighted by atomic mass is 9.99. The maximum atomic E-state index is 7.01. The van der Waals surface area contributed by atoms with E-state index in [9.17, 15) is 0 Å². The summed E-state index contributed by atoms with van der Waals surface area (Å²) in [4.78, 5) is 4.71. The molecule has 366 valence electrons. The van der Waals surface area contributed by atoms with Crippen LogP contribution in [-0.4, -0.2) is 0 Å². The Kier molecular flexibility index (Phi) is 10.8. The van der Waals surface area contributed by atoms with Crippen LogP contribution in [0.25, 0.3) is 110 Å². The zero-order valence-electron chi connectivity index (χ0n) is 42.4. The van der Waals surface area contributed by atoms with E-state index < -0.39 is 0 Å². The second-order valence-corrected chi connectivity index (χ2v) is 19.9. The molecule has 0 aliphatic rings. The van der Waals surface area contributed by atoms with Crippen LogP contribution in [0.4, 0.5) is 34.1 Å². The van der Waals surface area contributed by atoms with E-state index in [4.69, 9.17) is 8.83 Å². The number of hydrogen-bond acceptors (Lipinski definition) is 4. The van der Waals surface area contributed by atoms with Gasteiger partial charge in [0.15, 0.2) is 11.2 Å². The summed E-state index contributed by atoms with van der Waals surface area (Å²) >= 11 is 0. The lowest BCUT2D eigenvalue weighted by Gasteiger charge is -2.27. The summed E-state index contributed by atoms with van der Waals surface area (Å²) in [6.45, 7) is 0. The van der Waals surface area contributed by atoms with Crippen molar-refractivity contribution in [1.29, 1.82) is 0 Å². The predicted molar refractivity (Wildman–Crippen MR) is 327 cm³/mol. The minimum atomic E-state index is 0.846. The third kappa shape index (κ3) is 7.61. The largest absolute Gasteiger partial charge is 0.453 e. The Bertz CT molecular complexity index is 4400. The lowest BCUT2D eigenvalue weighted by Crippen LogP contribution is -2.10. The lowest BCUT2D eigenvalue weighted by molar-refractivity contribution is 0.670. The molecular formula is C74H48N2O2. The second kappa shape index (κ2) is 18.7. The van der Waals surface area contributed by atoms with Crippen LogP contribution >= 0.6 is 0 Å². The monoisotopic (exact) mass is 996 g/mol. The van der Waals surface area contributed by atoms with Crippen LogP contribution in [0.1, 0.15) is 0 Å². The molecule has 78 heavy (non-hydrogen) atoms. The quantitative estimate of drug-likeness (QED) is 0.137. The molecule has 0 spiro atoms. The maximum Gasteiger partial charge on any atom is 0.159 e. The second-order valence-electron chi connectivity index (χ2n) is 19.9. The van der Waals surface area contributed by atoms with Crippen molar-refractivity contribution in [3.05, 3.63) is 291 Å². The van der Waals surface area contributed by atoms with E-state index in [0.29, 0.717) is 0 Å². The summed E-state index contributed by atoms with van der Waals surface area (Å²) in [6.07, 6.45) is 0. The van der Waals surface area contributed by atoms with Gasteiger partial charge < -0.3 is 18.6 Å². The van der Waals surface area contributed by atoms with E-state index in [1.165, 1.54) is 10.8 Å². The van der Waals surface area contributed by atoms with Gasteiger partial charge in [0.1, 0.15) is 11.2 Å². The summed E-state index contributed by atoms with van der Waals surface area (Å²) in [5.41, 5.74) is 18.6. The molecule has 15 rings (SSSR count). The first-order valence-corrected chi connectivity index (χ1v) is 26.6. The van der Waals surface area contributed by atoms with Crippen LogP contribution in [0.15, 0.2) is 300 Å². The summed E-state index contributed by atoms with van der Waals surface area (Å²) in [7, 11) is 0. The van der Waals surface area contributed by atoms with Gasteiger partial charge in [0.25, 0.3) is 0 Å². The van der Waals surface area contributed by atoms with Gasteiger partial charge in [-0.25, -0.2) is 0 Å². The normalized spacial score (nSPS) is 11.6. The molecule has 0 unspecified atom stereocenters. The van der Waals surface area contributed by atoms with Crippen LogP contribution in [0.3, 0.4) is 0 Å². The van der Waals surface area contributed by atoms with E-state index in [0.717, 1.165) is 133 Å². The highest BCUT2D eigenvalue weighted by molar-refractivity contribution is 6.16. The third-order valence-corrected chi connectivity index (χ3v) is 15.5. The number of para-hydroxylation sites is 4. The molecule has 0 atom stereocenters. The van der Waals surface area contributed by atoms with Crippen molar-refractivity contribution in [2.45, 2.75) is 0 Å². The highest BCUT2D eigenvalue weighted by Crippen LogP contribution is 2.48. The fraction of sp³-hybridized carbons (Fsp3) is 0. The maximum absolute atomic E-state index is 7.01. The van der Waals surface area contributed by atoms with Crippen LogP contribution < -0.4 is 9.80 Å². The van der Waals surface area contributed by atoms with Gasteiger partial charge in [0.2, 0.25) is 0 Å². The van der Waals surface area contributed by atoms with Gasteiger partial charge in [0, 0.05) is 54.8 Å². The van der Waals surface area contributed by atoms with Crippen molar-refractivity contribution in [3.63, 3.8) is 0 Å². The molecule has 0 saturated heterocycles. The predicted octanol–water partition coefficient (Wildman–Crippen LogP) is 21.4. The Morgan fingerprint density at radius 1 is 0.192 bits per heavy atom. The first-order chi connectivity index (χ1) is 38.7. The minimum Gasteiger partial charge on any atom is -0.453 e. The van der Waals surface area contributed by atoms with Gasteiger partial charge in [-0.2, -0.15) is 0 Å². The topological polar surface area (TPSA) is 32.8 Å². The summed E-state index contributed by atoms with van der Waals surface area (Å²) in [5, 5.41) is 9.03. The van der Waals surface area contributed by atoms with Crippen LogP contribution in [0.5, 0.6) is 0 Å². The zero-order chi connectivity index (χ0) is 51.5. The average molecular weight is 997 g/mol. The Labute approximate surface area is 451 Å². The molecule has 4 heteroatoms. The van der Waals surface area contributed by atoms with Crippen molar-refractivity contribution >= 4 is 99.5 Å². The van der Waals surface area contributed by atoms with Gasteiger partial charge in [-0.15, -0.1) is 0 Å². The number of hydrogen-bond donors (Lipinski definition) is 0. The van der Waals surface area contributed by atoms with Crippen molar-refractivity contribution in [2.24, 2.45) is 0 Å². The van der Waals surface area contributed by atoms with Gasteiger partial charge in [0.05, 0.1) is 22.7 Å². The van der Waals surface area contributed by atoms with Crippen molar-refractivity contribution in [1.82, 2.24) is 0 Å². The Balaban J connectivity index is 0.779. The number of rotatable bonds is 10. The first kappa shape index (κ1) is 45.0. The SMILES string of the molecule is c1ccc(-c2cccc3c2oc2c(N(c4ccc(-c5ccc(-c6ccc(N(c7cccc8ccccc78)c7cccc8c7oc7c(-c9ccccc9)cccc78)cc6)cc5)cc4)c4cccc5ccccc45)cccc23)cc1. The Morgan fingerprint density at radius 2 is 0.487 bits per heavy atom. The molecule has 0 radical (unpaired) electrons. The fourth-order valence-corrected chi connectivity index (χ4v) is 11.7. The Morgan fingerprint density at radius 3 is 0.897 bits per heavy atom. The molecule has 0 saturated carbocycles. The summed E-state index contributed by atoms with van der Waals surface area (Å²) < 4.78 is 14.0. The standard InChI is InChI=1S/C74H48N2O2/c1-3-17-55(18-4-1)61-27-13-29-63-65-31-15-35-69(73(65)77-71(61)63)75(67-33-11-23-53-21-7-9-25-59(53)67)57-45-41-51(42-46-57)49-37-39-50(40-38-49)52-43-47-58(48-44-52)76(68-34-12-24-54-22-8-10-26-60(54)68)70-36-16-32-66-64-30-14-28-62(72(64)78-74(66)70)56-19-5-2-6-20-56/h1-48H. The fourth-order valence-electron chi connectivity index (χ4n) is 11.7. The molecule has 0 N–H and O–H groups in total. The number of fused-ring (bicyclic) bond motifs is 8. The number of furan rings is 2. The average Bonchev–Trinajstić information content (AvgIpc) is 4.14. The summed E-state index contributed by atoms with van der Waals surface area (Å²) in [6, 6.07) is 104. The van der Waals surface area contributed by atoms with Crippen molar-refractivity contribution in [3.8, 4) is 44.5 Å². The molecule has 0 bridgehead atoms. The van der Waals surface area contributed by atoms with Crippen LogP contribution in [-0.2, 0) is 0 Å². The van der Waals surface area contributed by atoms with Crippen molar-refractivity contribution in [2.75, 3.05) is 9.80 Å². The van der Waals surface area contributed by atoms with E-state index in [1.807, 2.05) is 0 Å². The van der Waals surface area contributed by atoms with Crippen molar-refractivity contribution < 1.29 is 8.83 Å². The minimum absolute atomic E-state index is 0.846. The summed E-state index contributed by atoms with van der Waals surface area (Å²) in [5.74, 6) is 0. The first-order valence-electron chi connectivity index (χ1n) is 26.6.